The first-order chi connectivity index (χ1) is 8.13. The highest BCUT2D eigenvalue weighted by molar-refractivity contribution is 5.55. The van der Waals surface area contributed by atoms with E-state index in [9.17, 15) is 14.6 Å². The highest BCUT2D eigenvalue weighted by Gasteiger charge is 2.28. The second-order valence-electron chi connectivity index (χ2n) is 4.64. The van der Waals surface area contributed by atoms with E-state index < -0.39 is 0 Å². The van der Waals surface area contributed by atoms with Gasteiger partial charge in [-0.15, -0.1) is 0 Å². The first-order valence-electron chi connectivity index (χ1n) is 5.94. The predicted octanol–water partition coefficient (Wildman–Crippen LogP) is 1.53. The van der Waals surface area contributed by atoms with E-state index in [2.05, 4.69) is 0 Å². The third kappa shape index (κ3) is 2.42. The molecule has 2 N–H and O–H groups in total. The van der Waals surface area contributed by atoms with Gasteiger partial charge in [-0.25, -0.2) is 4.39 Å². The molecule has 1 aliphatic heterocycles. The lowest BCUT2D eigenvalue weighted by Gasteiger charge is -2.22. The lowest BCUT2D eigenvalue weighted by Crippen LogP contribution is -2.25. The van der Waals surface area contributed by atoms with E-state index in [-0.39, 0.29) is 24.4 Å². The molecule has 3 nitrogen and oxygen atoms in total. The van der Waals surface area contributed by atoms with Gasteiger partial charge >= 0.3 is 0 Å². The number of aliphatic hydroxyl groups excluding tert-OH is 2. The van der Waals surface area contributed by atoms with Crippen molar-refractivity contribution in [1.29, 1.82) is 0 Å². The van der Waals surface area contributed by atoms with E-state index in [1.165, 1.54) is 6.07 Å². The van der Waals surface area contributed by atoms with Gasteiger partial charge < -0.3 is 15.1 Å². The van der Waals surface area contributed by atoms with Gasteiger partial charge in [0.05, 0.1) is 18.4 Å². The van der Waals surface area contributed by atoms with Gasteiger partial charge in [-0.1, -0.05) is 12.1 Å². The van der Waals surface area contributed by atoms with Crippen molar-refractivity contribution in [2.75, 3.05) is 18.0 Å². The molecule has 17 heavy (non-hydrogen) atoms. The van der Waals surface area contributed by atoms with Crippen molar-refractivity contribution in [3.05, 3.63) is 29.6 Å². The minimum atomic E-state index is -0.371. The zero-order valence-electron chi connectivity index (χ0n) is 9.93. The number of hydrogen-bond donors (Lipinski definition) is 2. The molecule has 1 aromatic carbocycles. The van der Waals surface area contributed by atoms with Crippen LogP contribution in [-0.2, 0) is 6.61 Å². The molecule has 0 bridgehead atoms. The zero-order valence-corrected chi connectivity index (χ0v) is 9.93. The largest absolute Gasteiger partial charge is 0.393 e. The molecule has 94 valence electrons. The molecule has 2 rings (SSSR count). The van der Waals surface area contributed by atoms with Crippen molar-refractivity contribution < 1.29 is 14.6 Å². The van der Waals surface area contributed by atoms with Gasteiger partial charge in [0.1, 0.15) is 5.82 Å². The van der Waals surface area contributed by atoms with Crippen molar-refractivity contribution in [3.8, 4) is 0 Å². The molecule has 1 heterocycles. The Hall–Kier alpha value is -1.13. The second kappa shape index (κ2) is 5.02. The van der Waals surface area contributed by atoms with Crippen LogP contribution in [0.2, 0.25) is 0 Å². The van der Waals surface area contributed by atoms with Gasteiger partial charge in [0, 0.05) is 24.6 Å². The zero-order chi connectivity index (χ0) is 12.4. The first kappa shape index (κ1) is 12.3. The predicted molar refractivity (Wildman–Crippen MR) is 64.3 cm³/mol. The van der Waals surface area contributed by atoms with Gasteiger partial charge in [0.15, 0.2) is 0 Å². The molecule has 0 aromatic heterocycles. The summed E-state index contributed by atoms with van der Waals surface area (Å²) in [4.78, 5) is 1.91. The molecule has 2 unspecified atom stereocenters. The molecule has 0 aliphatic carbocycles. The Morgan fingerprint density at radius 2 is 2.29 bits per heavy atom. The summed E-state index contributed by atoms with van der Waals surface area (Å²) in [6.07, 6.45) is 0.487. The fourth-order valence-corrected chi connectivity index (χ4v) is 2.43. The molecular weight excluding hydrogens is 221 g/mol. The molecule has 1 saturated heterocycles. The standard InChI is InChI=1S/C13H18FNO2/c1-9(17)10-5-6-15(7-10)13-11(8-16)3-2-4-12(13)14/h2-4,9-10,16-17H,5-8H2,1H3. The van der Waals surface area contributed by atoms with Crippen LogP contribution >= 0.6 is 0 Å². The SMILES string of the molecule is CC(O)C1CCN(c2c(F)cccc2CO)C1. The Balaban J connectivity index is 2.24. The molecule has 0 amide bonds. The molecule has 1 aromatic rings. The number of hydrogen-bond acceptors (Lipinski definition) is 3. The third-order valence-electron chi connectivity index (χ3n) is 3.46. The van der Waals surface area contributed by atoms with Crippen LogP contribution < -0.4 is 4.90 Å². The first-order valence-corrected chi connectivity index (χ1v) is 5.94. The number of para-hydroxylation sites is 1. The minimum absolute atomic E-state index is 0.164. The molecule has 0 saturated carbocycles. The summed E-state index contributed by atoms with van der Waals surface area (Å²) in [5.41, 5.74) is 1.09. The van der Waals surface area contributed by atoms with Crippen molar-refractivity contribution in [2.45, 2.75) is 26.1 Å². The molecular formula is C13H18FNO2. The Morgan fingerprint density at radius 1 is 1.53 bits per heavy atom. The van der Waals surface area contributed by atoms with Crippen LogP contribution in [0.15, 0.2) is 18.2 Å². The molecule has 1 fully saturated rings. The number of aliphatic hydroxyl groups is 2. The summed E-state index contributed by atoms with van der Waals surface area (Å²) in [7, 11) is 0. The average Bonchev–Trinajstić information content (AvgIpc) is 2.77. The van der Waals surface area contributed by atoms with Crippen molar-refractivity contribution in [1.82, 2.24) is 0 Å². The third-order valence-corrected chi connectivity index (χ3v) is 3.46. The van der Waals surface area contributed by atoms with E-state index >= 15 is 0 Å². The van der Waals surface area contributed by atoms with E-state index in [0.29, 0.717) is 17.8 Å². The lowest BCUT2D eigenvalue weighted by molar-refractivity contribution is 0.136. The molecule has 2 atom stereocenters. The maximum atomic E-state index is 13.8. The number of nitrogens with zero attached hydrogens (tertiary/aromatic N) is 1. The number of benzene rings is 1. The monoisotopic (exact) mass is 239 g/mol. The smallest absolute Gasteiger partial charge is 0.146 e. The van der Waals surface area contributed by atoms with E-state index in [1.807, 2.05) is 4.90 Å². The minimum Gasteiger partial charge on any atom is -0.393 e. The highest BCUT2D eigenvalue weighted by atomic mass is 19.1. The Morgan fingerprint density at radius 3 is 2.88 bits per heavy atom. The number of rotatable bonds is 3. The van der Waals surface area contributed by atoms with E-state index in [1.54, 1.807) is 19.1 Å². The summed E-state index contributed by atoms with van der Waals surface area (Å²) < 4.78 is 13.8. The van der Waals surface area contributed by atoms with Crippen LogP contribution in [-0.4, -0.2) is 29.4 Å². The van der Waals surface area contributed by atoms with E-state index in [0.717, 1.165) is 13.0 Å². The molecule has 1 aliphatic rings. The van der Waals surface area contributed by atoms with Gasteiger partial charge in [0.2, 0.25) is 0 Å². The highest BCUT2D eigenvalue weighted by Crippen LogP contribution is 2.30. The summed E-state index contributed by atoms with van der Waals surface area (Å²) in [5, 5.41) is 18.8. The van der Waals surface area contributed by atoms with Crippen LogP contribution in [0.4, 0.5) is 10.1 Å². The van der Waals surface area contributed by atoms with Crippen molar-refractivity contribution in [2.24, 2.45) is 5.92 Å². The van der Waals surface area contributed by atoms with Crippen LogP contribution in [0.25, 0.3) is 0 Å². The second-order valence-corrected chi connectivity index (χ2v) is 4.64. The molecule has 0 spiro atoms. The average molecular weight is 239 g/mol. The summed E-state index contributed by atoms with van der Waals surface area (Å²) in [5.74, 6) is -0.121. The summed E-state index contributed by atoms with van der Waals surface area (Å²) in [6.45, 7) is 2.97. The maximum absolute atomic E-state index is 13.8. The van der Waals surface area contributed by atoms with Crippen LogP contribution in [0.3, 0.4) is 0 Å². The van der Waals surface area contributed by atoms with Gasteiger partial charge in [0.25, 0.3) is 0 Å². The van der Waals surface area contributed by atoms with Crippen LogP contribution in [0.5, 0.6) is 0 Å². The number of anilines is 1. The maximum Gasteiger partial charge on any atom is 0.146 e. The number of halogens is 1. The van der Waals surface area contributed by atoms with Gasteiger partial charge in [-0.05, 0) is 19.4 Å². The van der Waals surface area contributed by atoms with Crippen LogP contribution in [0, 0.1) is 11.7 Å². The quantitative estimate of drug-likeness (QED) is 0.840. The Labute approximate surface area is 100 Å². The summed E-state index contributed by atoms with van der Waals surface area (Å²) >= 11 is 0. The van der Waals surface area contributed by atoms with E-state index in [4.69, 9.17) is 0 Å². The Bertz CT molecular complexity index is 395. The van der Waals surface area contributed by atoms with Crippen molar-refractivity contribution in [3.63, 3.8) is 0 Å². The lowest BCUT2D eigenvalue weighted by atomic mass is 10.0. The fraction of sp³-hybridized carbons (Fsp3) is 0.538. The van der Waals surface area contributed by atoms with Crippen molar-refractivity contribution >= 4 is 5.69 Å². The normalized spacial score (nSPS) is 21.9. The van der Waals surface area contributed by atoms with Crippen LogP contribution in [0.1, 0.15) is 18.9 Å². The fourth-order valence-electron chi connectivity index (χ4n) is 2.43. The molecule has 4 heteroatoms. The Kier molecular flexibility index (Phi) is 3.64. The van der Waals surface area contributed by atoms with Gasteiger partial charge in [-0.2, -0.15) is 0 Å². The molecule has 0 radical (unpaired) electrons. The topological polar surface area (TPSA) is 43.7 Å². The van der Waals surface area contributed by atoms with Gasteiger partial charge in [-0.3, -0.25) is 0 Å². The summed E-state index contributed by atoms with van der Waals surface area (Å²) in [6, 6.07) is 4.74.